The molecule has 1 saturated heterocycles. The molecule has 0 N–H and O–H groups in total. The summed E-state index contributed by atoms with van der Waals surface area (Å²) in [6.45, 7) is 2.63. The quantitative estimate of drug-likeness (QED) is 0.359. The van der Waals surface area contributed by atoms with Crippen LogP contribution in [0.2, 0.25) is 5.02 Å². The first-order valence-corrected chi connectivity index (χ1v) is 11.1. The van der Waals surface area contributed by atoms with Crippen LogP contribution in [-0.2, 0) is 6.61 Å². The summed E-state index contributed by atoms with van der Waals surface area (Å²) in [5.74, 6) is 2.67. The van der Waals surface area contributed by atoms with Crippen molar-refractivity contribution in [3.05, 3.63) is 83.2 Å². The second-order valence-electron chi connectivity index (χ2n) is 8.24. The molecule has 4 aromatic rings. The molecular weight excluding hydrogens is 408 g/mol. The Balaban J connectivity index is 1.34. The highest BCUT2D eigenvalue weighted by Crippen LogP contribution is 2.34. The van der Waals surface area contributed by atoms with E-state index in [0.29, 0.717) is 29.2 Å². The van der Waals surface area contributed by atoms with Gasteiger partial charge in [-0.3, -0.25) is 0 Å². The van der Waals surface area contributed by atoms with E-state index < -0.39 is 0 Å². The Morgan fingerprint density at radius 1 is 1.06 bits per heavy atom. The minimum Gasteiger partial charge on any atom is -0.486 e. The van der Waals surface area contributed by atoms with Crippen LogP contribution in [0.3, 0.4) is 0 Å². The van der Waals surface area contributed by atoms with E-state index >= 15 is 0 Å². The molecular formula is C26H25ClN2O2. The zero-order valence-corrected chi connectivity index (χ0v) is 18.3. The fraction of sp³-hybridized carbons (Fsp3) is 0.269. The fourth-order valence-electron chi connectivity index (χ4n) is 4.32. The number of nitrogens with zero attached hydrogens (tertiary/aromatic N) is 2. The summed E-state index contributed by atoms with van der Waals surface area (Å²) >= 11 is 6.07. The van der Waals surface area contributed by atoms with E-state index in [4.69, 9.17) is 20.8 Å². The average molecular weight is 433 g/mol. The first kappa shape index (κ1) is 20.1. The molecule has 2 heterocycles. The monoisotopic (exact) mass is 432 g/mol. The van der Waals surface area contributed by atoms with Crippen LogP contribution >= 0.6 is 11.6 Å². The van der Waals surface area contributed by atoms with Crippen molar-refractivity contribution in [1.82, 2.24) is 9.88 Å². The summed E-state index contributed by atoms with van der Waals surface area (Å²) in [5.41, 5.74) is 2.28. The molecule has 5 rings (SSSR count). The predicted octanol–water partition coefficient (Wildman–Crippen LogP) is 6.54. The van der Waals surface area contributed by atoms with Crippen LogP contribution in [-0.4, -0.2) is 30.0 Å². The number of aromatic nitrogens is 1. The minimum absolute atomic E-state index is 0.329. The normalized spacial score (nSPS) is 15.4. The maximum atomic E-state index is 6.07. The first-order chi connectivity index (χ1) is 15.2. The number of benzene rings is 3. The SMILES string of the molecule is CN1CCC(c2cccc3ccc(OCc4cnc(-c5cccc(Cl)c5)o4)cc23)CC1. The Labute approximate surface area is 187 Å². The molecule has 0 radical (unpaired) electrons. The van der Waals surface area contributed by atoms with E-state index in [1.54, 1.807) is 6.20 Å². The van der Waals surface area contributed by atoms with Gasteiger partial charge in [-0.15, -0.1) is 0 Å². The highest BCUT2D eigenvalue weighted by Gasteiger charge is 2.20. The van der Waals surface area contributed by atoms with Crippen LogP contribution in [0.5, 0.6) is 5.75 Å². The van der Waals surface area contributed by atoms with Gasteiger partial charge in [0.05, 0.1) is 6.20 Å². The van der Waals surface area contributed by atoms with Crippen molar-refractivity contribution in [1.29, 1.82) is 0 Å². The van der Waals surface area contributed by atoms with Crippen LogP contribution in [0.1, 0.15) is 30.1 Å². The highest BCUT2D eigenvalue weighted by atomic mass is 35.5. The molecule has 4 nitrogen and oxygen atoms in total. The standard InChI is InChI=1S/C26H25ClN2O2/c1-29-12-10-19(11-13-29)24-7-3-4-18-8-9-22(15-25(18)24)30-17-23-16-28-26(31-23)20-5-2-6-21(27)14-20/h2-9,14-16,19H,10-13,17H2,1H3. The smallest absolute Gasteiger partial charge is 0.226 e. The van der Waals surface area contributed by atoms with Crippen molar-refractivity contribution in [3.8, 4) is 17.2 Å². The van der Waals surface area contributed by atoms with E-state index in [1.165, 1.54) is 29.2 Å². The number of fused-ring (bicyclic) bond motifs is 1. The van der Waals surface area contributed by atoms with Crippen molar-refractivity contribution in [3.63, 3.8) is 0 Å². The summed E-state index contributed by atoms with van der Waals surface area (Å²) in [4.78, 5) is 6.77. The van der Waals surface area contributed by atoms with Gasteiger partial charge in [-0.25, -0.2) is 4.98 Å². The molecule has 158 valence electrons. The van der Waals surface area contributed by atoms with Gasteiger partial charge >= 0.3 is 0 Å². The molecule has 0 amide bonds. The van der Waals surface area contributed by atoms with Crippen LogP contribution in [0.25, 0.3) is 22.2 Å². The van der Waals surface area contributed by atoms with Crippen molar-refractivity contribution in [2.75, 3.05) is 20.1 Å². The zero-order chi connectivity index (χ0) is 21.2. The lowest BCUT2D eigenvalue weighted by molar-refractivity contribution is 0.256. The zero-order valence-electron chi connectivity index (χ0n) is 17.6. The molecule has 31 heavy (non-hydrogen) atoms. The van der Waals surface area contributed by atoms with Crippen LogP contribution in [0.4, 0.5) is 0 Å². The van der Waals surface area contributed by atoms with Crippen molar-refractivity contribution >= 4 is 22.4 Å². The molecule has 1 aliphatic rings. The van der Waals surface area contributed by atoms with Gasteiger partial charge in [-0.05, 0) is 85.6 Å². The summed E-state index contributed by atoms with van der Waals surface area (Å²) in [6, 6.07) is 20.4. The molecule has 3 aromatic carbocycles. The van der Waals surface area contributed by atoms with Gasteiger partial charge in [0.2, 0.25) is 5.89 Å². The molecule has 0 bridgehead atoms. The van der Waals surface area contributed by atoms with E-state index in [2.05, 4.69) is 47.3 Å². The third kappa shape index (κ3) is 4.46. The predicted molar refractivity (Wildman–Crippen MR) is 125 cm³/mol. The number of hydrogen-bond acceptors (Lipinski definition) is 4. The number of hydrogen-bond donors (Lipinski definition) is 0. The largest absolute Gasteiger partial charge is 0.486 e. The molecule has 0 aliphatic carbocycles. The van der Waals surface area contributed by atoms with Crippen molar-refractivity contribution in [2.24, 2.45) is 0 Å². The van der Waals surface area contributed by atoms with Gasteiger partial charge in [0, 0.05) is 10.6 Å². The van der Waals surface area contributed by atoms with E-state index in [9.17, 15) is 0 Å². The van der Waals surface area contributed by atoms with Gasteiger partial charge in [-0.2, -0.15) is 0 Å². The highest BCUT2D eigenvalue weighted by molar-refractivity contribution is 6.30. The van der Waals surface area contributed by atoms with E-state index in [-0.39, 0.29) is 0 Å². The molecule has 1 aliphatic heterocycles. The maximum absolute atomic E-state index is 6.07. The van der Waals surface area contributed by atoms with E-state index in [0.717, 1.165) is 24.4 Å². The molecule has 1 fully saturated rings. The summed E-state index contributed by atoms with van der Waals surface area (Å²) in [7, 11) is 2.20. The molecule has 0 unspecified atom stereocenters. The van der Waals surface area contributed by atoms with Gasteiger partial charge < -0.3 is 14.1 Å². The number of rotatable bonds is 5. The lowest BCUT2D eigenvalue weighted by atomic mass is 9.86. The number of halogens is 1. The molecule has 0 saturated carbocycles. The second-order valence-corrected chi connectivity index (χ2v) is 8.67. The van der Waals surface area contributed by atoms with Gasteiger partial charge in [0.25, 0.3) is 0 Å². The third-order valence-electron chi connectivity index (χ3n) is 6.05. The Kier molecular flexibility index (Phi) is 5.66. The Morgan fingerprint density at radius 2 is 1.90 bits per heavy atom. The number of likely N-dealkylation sites (tertiary alicyclic amines) is 1. The minimum atomic E-state index is 0.329. The van der Waals surface area contributed by atoms with Gasteiger partial charge in [0.1, 0.15) is 12.4 Å². The fourth-order valence-corrected chi connectivity index (χ4v) is 4.52. The van der Waals surface area contributed by atoms with Gasteiger partial charge in [-0.1, -0.05) is 41.9 Å². The Morgan fingerprint density at radius 3 is 2.74 bits per heavy atom. The molecule has 0 spiro atoms. The number of ether oxygens (including phenoxy) is 1. The number of piperidine rings is 1. The second kappa shape index (κ2) is 8.74. The number of oxazole rings is 1. The third-order valence-corrected chi connectivity index (χ3v) is 6.29. The van der Waals surface area contributed by atoms with Crippen molar-refractivity contribution in [2.45, 2.75) is 25.4 Å². The maximum Gasteiger partial charge on any atom is 0.226 e. The first-order valence-electron chi connectivity index (χ1n) is 10.7. The average Bonchev–Trinajstić information content (AvgIpc) is 3.27. The summed E-state index contributed by atoms with van der Waals surface area (Å²) in [6.07, 6.45) is 4.11. The molecule has 0 atom stereocenters. The van der Waals surface area contributed by atoms with Crippen molar-refractivity contribution < 1.29 is 9.15 Å². The van der Waals surface area contributed by atoms with Crippen LogP contribution in [0, 0.1) is 0 Å². The van der Waals surface area contributed by atoms with Crippen LogP contribution in [0.15, 0.2) is 71.3 Å². The van der Waals surface area contributed by atoms with Gasteiger partial charge in [0.15, 0.2) is 5.76 Å². The molecule has 1 aromatic heterocycles. The summed E-state index contributed by atoms with van der Waals surface area (Å²) in [5, 5.41) is 3.20. The topological polar surface area (TPSA) is 38.5 Å². The lowest BCUT2D eigenvalue weighted by Gasteiger charge is -2.30. The Hall–Kier alpha value is -2.82. The molecule has 5 heteroatoms. The Bertz CT molecular complexity index is 1190. The lowest BCUT2D eigenvalue weighted by Crippen LogP contribution is -2.29. The summed E-state index contributed by atoms with van der Waals surface area (Å²) < 4.78 is 11.9. The van der Waals surface area contributed by atoms with E-state index in [1.807, 2.05) is 30.3 Å². The van der Waals surface area contributed by atoms with Crippen LogP contribution < -0.4 is 4.74 Å².